The summed E-state index contributed by atoms with van der Waals surface area (Å²) in [6.45, 7) is 6.34. The van der Waals surface area contributed by atoms with E-state index < -0.39 is 0 Å². The Kier molecular flexibility index (Phi) is 7.17. The van der Waals surface area contributed by atoms with Crippen LogP contribution in [0.15, 0.2) is 59.3 Å². The molecule has 170 valence electrons. The Bertz CT molecular complexity index is 991. The van der Waals surface area contributed by atoms with E-state index in [-0.39, 0.29) is 5.78 Å². The molecule has 5 nitrogen and oxygen atoms in total. The van der Waals surface area contributed by atoms with Crippen LogP contribution in [0.2, 0.25) is 0 Å². The molecule has 1 aromatic rings. The lowest BCUT2D eigenvalue weighted by Crippen LogP contribution is -2.33. The van der Waals surface area contributed by atoms with Crippen LogP contribution in [0.25, 0.3) is 5.31 Å². The van der Waals surface area contributed by atoms with Crippen molar-refractivity contribution in [1.29, 1.82) is 0 Å². The number of hydrogen-bond acceptors (Lipinski definition) is 4. The Morgan fingerprint density at radius 2 is 1.97 bits per heavy atom. The smallest absolute Gasteiger partial charge is 0.214 e. The minimum atomic E-state index is 0.0303. The van der Waals surface area contributed by atoms with Crippen molar-refractivity contribution in [2.24, 2.45) is 0 Å². The molecule has 32 heavy (non-hydrogen) atoms. The summed E-state index contributed by atoms with van der Waals surface area (Å²) >= 11 is 0. The zero-order valence-corrected chi connectivity index (χ0v) is 20.4. The highest BCUT2D eigenvalue weighted by atomic mass is 31.1. The third-order valence-corrected chi connectivity index (χ3v) is 8.39. The largest absolute Gasteiger partial charge is 0.493 e. The van der Waals surface area contributed by atoms with Crippen LogP contribution in [0, 0.1) is 0 Å². The van der Waals surface area contributed by atoms with Gasteiger partial charge in [0.1, 0.15) is 0 Å². The van der Waals surface area contributed by atoms with E-state index in [1.54, 1.807) is 14.2 Å². The SMILES string of the molecule is C/C=C(\PC1C(C)=CC(C2=CCN(C3CC3)CC2)=CN1C=O)c1ccc(OC)c(OC)c1. The summed E-state index contributed by atoms with van der Waals surface area (Å²) in [5.41, 5.74) is 4.85. The zero-order chi connectivity index (χ0) is 22.7. The number of methoxy groups -OCH3 is 2. The zero-order valence-electron chi connectivity index (χ0n) is 19.4. The molecule has 0 spiro atoms. The lowest BCUT2D eigenvalue weighted by atomic mass is 9.96. The Morgan fingerprint density at radius 1 is 1.19 bits per heavy atom. The second-order valence-corrected chi connectivity index (χ2v) is 9.92. The maximum absolute atomic E-state index is 12.1. The maximum atomic E-state index is 12.1. The summed E-state index contributed by atoms with van der Waals surface area (Å²) in [5, 5.41) is 1.20. The van der Waals surface area contributed by atoms with Crippen molar-refractivity contribution in [3.8, 4) is 11.5 Å². The van der Waals surface area contributed by atoms with E-state index >= 15 is 0 Å². The lowest BCUT2D eigenvalue weighted by Gasteiger charge is -2.33. The summed E-state index contributed by atoms with van der Waals surface area (Å²) < 4.78 is 10.9. The van der Waals surface area contributed by atoms with Crippen molar-refractivity contribution in [2.75, 3.05) is 27.3 Å². The first-order chi connectivity index (χ1) is 15.6. The third-order valence-electron chi connectivity index (χ3n) is 6.47. The summed E-state index contributed by atoms with van der Waals surface area (Å²) in [6.07, 6.45) is 13.5. The minimum absolute atomic E-state index is 0.0303. The number of carbonyl (C=O) groups is 1. The molecule has 2 atom stereocenters. The van der Waals surface area contributed by atoms with Crippen LogP contribution in [0.4, 0.5) is 0 Å². The quantitative estimate of drug-likeness (QED) is 0.403. The Hall–Kier alpha value is -2.36. The van der Waals surface area contributed by atoms with Crippen molar-refractivity contribution >= 4 is 20.3 Å². The molecule has 1 saturated carbocycles. The van der Waals surface area contributed by atoms with Crippen LogP contribution in [0.3, 0.4) is 0 Å². The van der Waals surface area contributed by atoms with Gasteiger partial charge in [0.25, 0.3) is 0 Å². The van der Waals surface area contributed by atoms with Crippen LogP contribution >= 0.6 is 8.58 Å². The van der Waals surface area contributed by atoms with Gasteiger partial charge in [-0.3, -0.25) is 9.69 Å². The van der Waals surface area contributed by atoms with E-state index in [9.17, 15) is 4.79 Å². The molecule has 2 heterocycles. The molecule has 0 bridgehead atoms. The molecule has 0 saturated heterocycles. The second kappa shape index (κ2) is 10.1. The number of benzene rings is 1. The van der Waals surface area contributed by atoms with Crippen LogP contribution in [-0.4, -0.2) is 55.3 Å². The van der Waals surface area contributed by atoms with Crippen molar-refractivity contribution in [3.05, 3.63) is 64.9 Å². The fourth-order valence-electron chi connectivity index (χ4n) is 4.49. The predicted molar refractivity (Wildman–Crippen MR) is 132 cm³/mol. The summed E-state index contributed by atoms with van der Waals surface area (Å²) in [5.74, 6) is 1.46. The molecular formula is C26H33N2O3P. The number of nitrogens with zero attached hydrogens (tertiary/aromatic N) is 2. The second-order valence-electron chi connectivity index (χ2n) is 8.55. The summed E-state index contributed by atoms with van der Waals surface area (Å²) in [6, 6.07) is 6.80. The van der Waals surface area contributed by atoms with Gasteiger partial charge in [0.05, 0.1) is 20.0 Å². The monoisotopic (exact) mass is 452 g/mol. The number of carbonyl (C=O) groups excluding carboxylic acids is 1. The van der Waals surface area contributed by atoms with Gasteiger partial charge in [0, 0.05) is 25.3 Å². The Balaban J connectivity index is 1.52. The first-order valence-corrected chi connectivity index (χ1v) is 12.4. The molecule has 1 amide bonds. The molecule has 6 heteroatoms. The molecule has 2 aliphatic heterocycles. The van der Waals surface area contributed by atoms with Crippen LogP contribution in [0.5, 0.6) is 11.5 Å². The highest BCUT2D eigenvalue weighted by Gasteiger charge is 2.31. The first kappa shape index (κ1) is 22.8. The number of ether oxygens (including phenoxy) is 2. The predicted octanol–water partition coefficient (Wildman–Crippen LogP) is 5.17. The molecule has 1 aromatic carbocycles. The molecule has 1 aliphatic carbocycles. The maximum Gasteiger partial charge on any atom is 0.214 e. The van der Waals surface area contributed by atoms with Gasteiger partial charge in [-0.15, -0.1) is 0 Å². The number of hydrogen-bond donors (Lipinski definition) is 0. The summed E-state index contributed by atoms with van der Waals surface area (Å²) in [7, 11) is 3.72. The van der Waals surface area contributed by atoms with Crippen molar-refractivity contribution < 1.29 is 14.3 Å². The average molecular weight is 453 g/mol. The van der Waals surface area contributed by atoms with Gasteiger partial charge in [-0.25, -0.2) is 0 Å². The molecule has 3 aliphatic rings. The van der Waals surface area contributed by atoms with Crippen molar-refractivity contribution in [3.63, 3.8) is 0 Å². The van der Waals surface area contributed by atoms with Gasteiger partial charge >= 0.3 is 0 Å². The number of rotatable bonds is 8. The fraction of sp³-hybridized carbons (Fsp3) is 0.423. The van der Waals surface area contributed by atoms with E-state index in [1.165, 1.54) is 34.9 Å². The average Bonchev–Trinajstić information content (AvgIpc) is 3.68. The van der Waals surface area contributed by atoms with E-state index in [0.29, 0.717) is 20.1 Å². The molecule has 0 radical (unpaired) electrons. The van der Waals surface area contributed by atoms with Gasteiger partial charge in [-0.1, -0.05) is 32.9 Å². The fourth-order valence-corrected chi connectivity index (χ4v) is 5.87. The Morgan fingerprint density at radius 3 is 2.56 bits per heavy atom. The molecule has 2 unspecified atom stereocenters. The lowest BCUT2D eigenvalue weighted by molar-refractivity contribution is -0.116. The van der Waals surface area contributed by atoms with Gasteiger partial charge in [0.15, 0.2) is 11.5 Å². The van der Waals surface area contributed by atoms with Crippen LogP contribution in [-0.2, 0) is 4.79 Å². The van der Waals surface area contributed by atoms with E-state index in [0.717, 1.165) is 37.5 Å². The van der Waals surface area contributed by atoms with E-state index in [1.807, 2.05) is 30.2 Å². The van der Waals surface area contributed by atoms with Crippen LogP contribution < -0.4 is 9.47 Å². The highest BCUT2D eigenvalue weighted by molar-refractivity contribution is 7.51. The van der Waals surface area contributed by atoms with Gasteiger partial charge in [-0.05, 0) is 72.8 Å². The molecule has 0 N–H and O–H groups in total. The van der Waals surface area contributed by atoms with Crippen molar-refractivity contribution in [2.45, 2.75) is 44.9 Å². The third kappa shape index (κ3) is 4.84. The van der Waals surface area contributed by atoms with Crippen molar-refractivity contribution in [1.82, 2.24) is 9.80 Å². The minimum Gasteiger partial charge on any atom is -0.493 e. The number of allylic oxidation sites excluding steroid dienone is 3. The summed E-state index contributed by atoms with van der Waals surface area (Å²) in [4.78, 5) is 16.5. The number of amides is 1. The topological polar surface area (TPSA) is 42.0 Å². The normalized spacial score (nSPS) is 22.5. The van der Waals surface area contributed by atoms with Crippen LogP contribution in [0.1, 0.15) is 38.7 Å². The molecule has 0 aromatic heterocycles. The highest BCUT2D eigenvalue weighted by Crippen LogP contribution is 2.45. The first-order valence-electron chi connectivity index (χ1n) is 11.3. The van der Waals surface area contributed by atoms with E-state index in [2.05, 4.69) is 36.1 Å². The molecular weight excluding hydrogens is 419 g/mol. The molecule has 4 rings (SSSR count). The standard InChI is InChI=1S/C26H33N2O3P/c1-5-25(20-6-9-23(30-3)24(15-20)31-4)32-26-18(2)14-21(16-28(26)17-29)19-10-12-27(13-11-19)22-7-8-22/h5-6,9-10,14-17,22,26,32H,7-8,11-13H2,1-4H3/b25-5-. The van der Waals surface area contributed by atoms with Gasteiger partial charge in [-0.2, -0.15) is 0 Å². The van der Waals surface area contributed by atoms with Gasteiger partial charge in [0.2, 0.25) is 6.41 Å². The Labute approximate surface area is 193 Å². The molecule has 1 fully saturated rings. The van der Waals surface area contributed by atoms with E-state index in [4.69, 9.17) is 9.47 Å². The van der Waals surface area contributed by atoms with Gasteiger partial charge < -0.3 is 14.4 Å².